The van der Waals surface area contributed by atoms with E-state index in [4.69, 9.17) is 4.52 Å². The zero-order valence-corrected chi connectivity index (χ0v) is 11.7. The van der Waals surface area contributed by atoms with Crippen LogP contribution in [0.4, 0.5) is 5.82 Å². The van der Waals surface area contributed by atoms with Crippen LogP contribution in [0.1, 0.15) is 17.0 Å². The number of nitrogens with one attached hydrogen (secondary N) is 1. The van der Waals surface area contributed by atoms with E-state index in [1.54, 1.807) is 12.3 Å². The molecule has 0 spiro atoms. The molecule has 0 bridgehead atoms. The van der Waals surface area contributed by atoms with Crippen LogP contribution in [0, 0.1) is 13.8 Å². The number of thioether (sulfide) groups is 1. The molecule has 0 saturated carbocycles. The van der Waals surface area contributed by atoms with Crippen molar-refractivity contribution in [3.63, 3.8) is 0 Å². The van der Waals surface area contributed by atoms with Crippen molar-refractivity contribution in [2.75, 3.05) is 11.1 Å². The van der Waals surface area contributed by atoms with Crippen LogP contribution in [0.15, 0.2) is 28.9 Å². The van der Waals surface area contributed by atoms with Crippen LogP contribution in [0.5, 0.6) is 0 Å². The van der Waals surface area contributed by atoms with Crippen molar-refractivity contribution in [1.82, 2.24) is 10.1 Å². The van der Waals surface area contributed by atoms with Gasteiger partial charge in [-0.2, -0.15) is 0 Å². The summed E-state index contributed by atoms with van der Waals surface area (Å²) in [6.07, 6.45) is 1.65. The third kappa shape index (κ3) is 3.82. The first kappa shape index (κ1) is 13.6. The number of amides is 1. The third-order valence-electron chi connectivity index (χ3n) is 2.59. The van der Waals surface area contributed by atoms with Crippen LogP contribution >= 0.6 is 11.8 Å². The average molecular weight is 277 g/mol. The van der Waals surface area contributed by atoms with Gasteiger partial charge in [0.15, 0.2) is 0 Å². The molecule has 0 aliphatic rings. The number of carbonyl (C=O) groups excluding carboxylic acids is 1. The minimum absolute atomic E-state index is 0.0598. The molecule has 2 heterocycles. The fourth-order valence-corrected chi connectivity index (χ4v) is 2.55. The molecule has 2 rings (SSSR count). The molecule has 19 heavy (non-hydrogen) atoms. The van der Waals surface area contributed by atoms with E-state index in [9.17, 15) is 4.79 Å². The van der Waals surface area contributed by atoms with Crippen molar-refractivity contribution in [3.8, 4) is 0 Å². The van der Waals surface area contributed by atoms with Gasteiger partial charge in [0.25, 0.3) is 0 Å². The van der Waals surface area contributed by atoms with Crippen molar-refractivity contribution >= 4 is 23.5 Å². The van der Waals surface area contributed by atoms with E-state index in [-0.39, 0.29) is 5.91 Å². The summed E-state index contributed by atoms with van der Waals surface area (Å²) < 4.78 is 5.07. The molecule has 2 aromatic heterocycles. The molecule has 0 radical (unpaired) electrons. The van der Waals surface area contributed by atoms with Gasteiger partial charge in [0.1, 0.15) is 11.6 Å². The second-order valence-electron chi connectivity index (χ2n) is 4.06. The van der Waals surface area contributed by atoms with Gasteiger partial charge >= 0.3 is 0 Å². The molecule has 1 N–H and O–H groups in total. The summed E-state index contributed by atoms with van der Waals surface area (Å²) in [6.45, 7) is 3.78. The topological polar surface area (TPSA) is 68.0 Å². The summed E-state index contributed by atoms with van der Waals surface area (Å²) in [5, 5.41) is 6.62. The van der Waals surface area contributed by atoms with Crippen LogP contribution in [-0.2, 0) is 10.5 Å². The number of aromatic nitrogens is 2. The molecule has 0 aromatic carbocycles. The van der Waals surface area contributed by atoms with Crippen LogP contribution in [0.25, 0.3) is 0 Å². The first-order valence-electron chi connectivity index (χ1n) is 5.87. The molecule has 0 unspecified atom stereocenters. The zero-order chi connectivity index (χ0) is 13.7. The highest BCUT2D eigenvalue weighted by Crippen LogP contribution is 2.19. The molecule has 2 aromatic rings. The third-order valence-corrected chi connectivity index (χ3v) is 3.55. The highest BCUT2D eigenvalue weighted by molar-refractivity contribution is 7.99. The SMILES string of the molecule is Cc1noc(C)c1CSCC(=O)Nc1ccccn1. The summed E-state index contributed by atoms with van der Waals surface area (Å²) in [5.41, 5.74) is 1.95. The molecule has 1 amide bonds. The predicted octanol–water partition coefficient (Wildman–Crippen LogP) is 2.56. The van der Waals surface area contributed by atoms with Crippen LogP contribution in [0.3, 0.4) is 0 Å². The minimum atomic E-state index is -0.0598. The molecule has 0 aliphatic carbocycles. The van der Waals surface area contributed by atoms with Crippen molar-refractivity contribution in [2.24, 2.45) is 0 Å². The summed E-state index contributed by atoms with van der Waals surface area (Å²) in [5.74, 6) is 2.42. The lowest BCUT2D eigenvalue weighted by molar-refractivity contribution is -0.113. The van der Waals surface area contributed by atoms with E-state index < -0.39 is 0 Å². The maximum Gasteiger partial charge on any atom is 0.235 e. The van der Waals surface area contributed by atoms with Crippen LogP contribution in [-0.4, -0.2) is 21.8 Å². The second kappa shape index (κ2) is 6.38. The molecule has 0 saturated heterocycles. The van der Waals surface area contributed by atoms with Gasteiger partial charge in [0, 0.05) is 17.5 Å². The number of hydrogen-bond acceptors (Lipinski definition) is 5. The Morgan fingerprint density at radius 1 is 1.42 bits per heavy atom. The van der Waals surface area contributed by atoms with Gasteiger partial charge in [-0.1, -0.05) is 11.2 Å². The van der Waals surface area contributed by atoms with Gasteiger partial charge in [-0.3, -0.25) is 4.79 Å². The molecule has 0 fully saturated rings. The number of pyridine rings is 1. The van der Waals surface area contributed by atoms with Crippen molar-refractivity contribution in [2.45, 2.75) is 19.6 Å². The van der Waals surface area contributed by atoms with Crippen molar-refractivity contribution in [3.05, 3.63) is 41.4 Å². The van der Waals surface area contributed by atoms with Gasteiger partial charge in [-0.25, -0.2) is 4.98 Å². The fourth-order valence-electron chi connectivity index (χ4n) is 1.57. The number of carbonyl (C=O) groups is 1. The molecule has 100 valence electrons. The van der Waals surface area contributed by atoms with Gasteiger partial charge in [-0.15, -0.1) is 11.8 Å². The maximum absolute atomic E-state index is 11.7. The number of rotatable bonds is 5. The normalized spacial score (nSPS) is 10.4. The Hall–Kier alpha value is -1.82. The molecular weight excluding hydrogens is 262 g/mol. The average Bonchev–Trinajstić information content (AvgIpc) is 2.71. The highest BCUT2D eigenvalue weighted by Gasteiger charge is 2.10. The Bertz CT molecular complexity index is 535. The number of nitrogens with zero attached hydrogens (tertiary/aromatic N) is 2. The first-order valence-corrected chi connectivity index (χ1v) is 7.02. The number of aryl methyl sites for hydroxylation is 2. The maximum atomic E-state index is 11.7. The molecular formula is C13H15N3O2S. The lowest BCUT2D eigenvalue weighted by atomic mass is 10.2. The van der Waals surface area contributed by atoms with Gasteiger partial charge in [0.2, 0.25) is 5.91 Å². The van der Waals surface area contributed by atoms with E-state index in [1.807, 2.05) is 26.0 Å². The molecule has 0 atom stereocenters. The summed E-state index contributed by atoms with van der Waals surface area (Å²) in [6, 6.07) is 5.40. The molecule has 6 heteroatoms. The van der Waals surface area contributed by atoms with Gasteiger partial charge in [-0.05, 0) is 26.0 Å². The first-order chi connectivity index (χ1) is 9.16. The van der Waals surface area contributed by atoms with Gasteiger partial charge in [0.05, 0.1) is 11.4 Å². The zero-order valence-electron chi connectivity index (χ0n) is 10.8. The van der Waals surface area contributed by atoms with E-state index in [0.717, 1.165) is 22.8 Å². The highest BCUT2D eigenvalue weighted by atomic mass is 32.2. The monoisotopic (exact) mass is 277 g/mol. The molecule has 0 aliphatic heterocycles. The summed E-state index contributed by atoms with van der Waals surface area (Å²) >= 11 is 1.53. The summed E-state index contributed by atoms with van der Waals surface area (Å²) in [4.78, 5) is 15.7. The minimum Gasteiger partial charge on any atom is -0.361 e. The Morgan fingerprint density at radius 2 is 2.26 bits per heavy atom. The van der Waals surface area contributed by atoms with Crippen molar-refractivity contribution in [1.29, 1.82) is 0 Å². The predicted molar refractivity (Wildman–Crippen MR) is 75.0 cm³/mol. The Morgan fingerprint density at radius 3 is 2.89 bits per heavy atom. The van der Waals surface area contributed by atoms with Crippen LogP contribution < -0.4 is 5.32 Å². The second-order valence-corrected chi connectivity index (χ2v) is 5.04. The van der Waals surface area contributed by atoms with Crippen molar-refractivity contribution < 1.29 is 9.32 Å². The lowest BCUT2D eigenvalue weighted by Crippen LogP contribution is -2.15. The van der Waals surface area contributed by atoms with Gasteiger partial charge < -0.3 is 9.84 Å². The number of anilines is 1. The van der Waals surface area contributed by atoms with E-state index in [1.165, 1.54) is 11.8 Å². The Labute approximate surface area is 115 Å². The largest absolute Gasteiger partial charge is 0.361 e. The Balaban J connectivity index is 1.79. The van der Waals surface area contributed by atoms with E-state index in [2.05, 4.69) is 15.5 Å². The van der Waals surface area contributed by atoms with E-state index >= 15 is 0 Å². The quantitative estimate of drug-likeness (QED) is 0.909. The fraction of sp³-hybridized carbons (Fsp3) is 0.308. The smallest absolute Gasteiger partial charge is 0.235 e. The van der Waals surface area contributed by atoms with E-state index in [0.29, 0.717) is 11.6 Å². The standard InChI is InChI=1S/C13H15N3O2S/c1-9-11(10(2)18-16-9)7-19-8-13(17)15-12-5-3-4-6-14-12/h3-6H,7-8H2,1-2H3,(H,14,15,17). The summed E-state index contributed by atoms with van der Waals surface area (Å²) in [7, 11) is 0. The number of hydrogen-bond donors (Lipinski definition) is 1. The molecule has 5 nitrogen and oxygen atoms in total. The Kier molecular flexibility index (Phi) is 4.57. The lowest BCUT2D eigenvalue weighted by Gasteiger charge is -2.03. The van der Waals surface area contributed by atoms with Crippen LogP contribution in [0.2, 0.25) is 0 Å².